The van der Waals surface area contributed by atoms with Gasteiger partial charge in [-0.3, -0.25) is 4.99 Å². The standard InChI is InChI=1S/C16H29N3S/c1-17-16(18-10-13-6-8-20-9-7-13)19-11-14-4-2-3-5-15(14)12-19/h13-15H,2-12H2,1H3,(H,17,18). The molecule has 2 heterocycles. The summed E-state index contributed by atoms with van der Waals surface area (Å²) in [6.07, 6.45) is 8.53. The fourth-order valence-electron chi connectivity index (χ4n) is 4.10. The fourth-order valence-corrected chi connectivity index (χ4v) is 5.30. The van der Waals surface area contributed by atoms with Crippen LogP contribution in [0.3, 0.4) is 0 Å². The van der Waals surface area contributed by atoms with E-state index in [0.717, 1.165) is 30.3 Å². The van der Waals surface area contributed by atoms with E-state index < -0.39 is 0 Å². The normalized spacial score (nSPS) is 32.2. The van der Waals surface area contributed by atoms with Crippen LogP contribution in [0.25, 0.3) is 0 Å². The van der Waals surface area contributed by atoms with Crippen molar-refractivity contribution in [1.29, 1.82) is 0 Å². The van der Waals surface area contributed by atoms with Crippen molar-refractivity contribution in [3.8, 4) is 0 Å². The molecule has 1 saturated carbocycles. The van der Waals surface area contributed by atoms with E-state index in [9.17, 15) is 0 Å². The van der Waals surface area contributed by atoms with Gasteiger partial charge in [-0.1, -0.05) is 12.8 Å². The smallest absolute Gasteiger partial charge is 0.193 e. The molecule has 4 heteroatoms. The van der Waals surface area contributed by atoms with E-state index in [4.69, 9.17) is 0 Å². The van der Waals surface area contributed by atoms with E-state index in [2.05, 4.69) is 27.0 Å². The number of guanidine groups is 1. The number of rotatable bonds is 2. The molecular weight excluding hydrogens is 266 g/mol. The topological polar surface area (TPSA) is 27.6 Å². The van der Waals surface area contributed by atoms with Crippen molar-refractivity contribution in [2.75, 3.05) is 38.2 Å². The summed E-state index contributed by atoms with van der Waals surface area (Å²) in [4.78, 5) is 7.06. The second-order valence-electron chi connectivity index (χ2n) is 6.69. The number of fused-ring (bicyclic) bond motifs is 1. The SMILES string of the molecule is CN=C(NCC1CCSCC1)N1CC2CCCCC2C1. The van der Waals surface area contributed by atoms with Crippen LogP contribution in [0.1, 0.15) is 38.5 Å². The van der Waals surface area contributed by atoms with Crippen LogP contribution in [0, 0.1) is 17.8 Å². The Kier molecular flexibility index (Phi) is 5.14. The van der Waals surface area contributed by atoms with Gasteiger partial charge in [0.05, 0.1) is 0 Å². The molecule has 3 rings (SSSR count). The van der Waals surface area contributed by atoms with Crippen LogP contribution in [0.15, 0.2) is 4.99 Å². The second kappa shape index (κ2) is 7.06. The summed E-state index contributed by atoms with van der Waals surface area (Å²) in [7, 11) is 1.95. The molecule has 0 aromatic rings. The van der Waals surface area contributed by atoms with Gasteiger partial charge in [0.1, 0.15) is 0 Å². The van der Waals surface area contributed by atoms with Crippen molar-refractivity contribution < 1.29 is 0 Å². The number of hydrogen-bond donors (Lipinski definition) is 1. The Morgan fingerprint density at radius 3 is 2.35 bits per heavy atom. The molecule has 1 N–H and O–H groups in total. The first-order chi connectivity index (χ1) is 9.86. The van der Waals surface area contributed by atoms with Gasteiger partial charge in [0.2, 0.25) is 0 Å². The largest absolute Gasteiger partial charge is 0.356 e. The quantitative estimate of drug-likeness (QED) is 0.627. The number of hydrogen-bond acceptors (Lipinski definition) is 2. The minimum atomic E-state index is 0.859. The first-order valence-electron chi connectivity index (χ1n) is 8.40. The van der Waals surface area contributed by atoms with Gasteiger partial charge < -0.3 is 10.2 Å². The highest BCUT2D eigenvalue weighted by Gasteiger charge is 2.35. The molecule has 2 saturated heterocycles. The highest BCUT2D eigenvalue weighted by molar-refractivity contribution is 7.99. The molecule has 0 aromatic carbocycles. The third-order valence-electron chi connectivity index (χ3n) is 5.38. The summed E-state index contributed by atoms with van der Waals surface area (Å²) in [5.74, 6) is 6.59. The molecule has 2 unspecified atom stereocenters. The Hall–Kier alpha value is -0.380. The molecule has 0 aromatic heterocycles. The lowest BCUT2D eigenvalue weighted by Crippen LogP contribution is -2.42. The monoisotopic (exact) mass is 295 g/mol. The number of nitrogens with zero attached hydrogens (tertiary/aromatic N) is 2. The third-order valence-corrected chi connectivity index (χ3v) is 6.43. The summed E-state index contributed by atoms with van der Waals surface area (Å²) >= 11 is 2.11. The zero-order valence-electron chi connectivity index (χ0n) is 12.8. The van der Waals surface area contributed by atoms with Crippen LogP contribution in [0.2, 0.25) is 0 Å². The van der Waals surface area contributed by atoms with Crippen molar-refractivity contribution >= 4 is 17.7 Å². The van der Waals surface area contributed by atoms with Crippen LogP contribution in [0.4, 0.5) is 0 Å². The predicted octanol–water partition coefficient (Wildman–Crippen LogP) is 2.83. The molecule has 0 radical (unpaired) electrons. The Labute approximate surface area is 128 Å². The highest BCUT2D eigenvalue weighted by Crippen LogP contribution is 2.36. The Morgan fingerprint density at radius 2 is 1.75 bits per heavy atom. The molecule has 2 aliphatic heterocycles. The predicted molar refractivity (Wildman–Crippen MR) is 88.4 cm³/mol. The van der Waals surface area contributed by atoms with Crippen LogP contribution >= 0.6 is 11.8 Å². The molecule has 3 nitrogen and oxygen atoms in total. The van der Waals surface area contributed by atoms with E-state index in [1.165, 1.54) is 63.1 Å². The average Bonchev–Trinajstić information content (AvgIpc) is 2.92. The van der Waals surface area contributed by atoms with Crippen LogP contribution < -0.4 is 5.32 Å². The summed E-state index contributed by atoms with van der Waals surface area (Å²) in [5.41, 5.74) is 0. The number of likely N-dealkylation sites (tertiary alicyclic amines) is 1. The van der Waals surface area contributed by atoms with Gasteiger partial charge in [-0.2, -0.15) is 11.8 Å². The van der Waals surface area contributed by atoms with Crippen molar-refractivity contribution in [2.24, 2.45) is 22.7 Å². The number of aliphatic imine (C=N–C) groups is 1. The third kappa shape index (κ3) is 3.44. The van der Waals surface area contributed by atoms with E-state index >= 15 is 0 Å². The molecule has 3 fully saturated rings. The highest BCUT2D eigenvalue weighted by atomic mass is 32.2. The summed E-state index contributed by atoms with van der Waals surface area (Å²) in [6.45, 7) is 3.61. The lowest BCUT2D eigenvalue weighted by Gasteiger charge is -2.26. The molecule has 114 valence electrons. The van der Waals surface area contributed by atoms with E-state index in [1.807, 2.05) is 7.05 Å². The van der Waals surface area contributed by atoms with E-state index in [1.54, 1.807) is 0 Å². The van der Waals surface area contributed by atoms with Gasteiger partial charge in [-0.15, -0.1) is 0 Å². The molecule has 20 heavy (non-hydrogen) atoms. The van der Waals surface area contributed by atoms with Crippen LogP contribution in [-0.2, 0) is 0 Å². The van der Waals surface area contributed by atoms with Gasteiger partial charge >= 0.3 is 0 Å². The lowest BCUT2D eigenvalue weighted by molar-refractivity contribution is 0.299. The van der Waals surface area contributed by atoms with Gasteiger partial charge in [0.15, 0.2) is 5.96 Å². The van der Waals surface area contributed by atoms with Crippen molar-refractivity contribution in [3.63, 3.8) is 0 Å². The molecule has 0 spiro atoms. The van der Waals surface area contributed by atoms with Gasteiger partial charge in [-0.05, 0) is 54.9 Å². The Bertz CT molecular complexity index is 325. The van der Waals surface area contributed by atoms with E-state index in [-0.39, 0.29) is 0 Å². The Morgan fingerprint density at radius 1 is 1.10 bits per heavy atom. The fraction of sp³-hybridized carbons (Fsp3) is 0.938. The minimum Gasteiger partial charge on any atom is -0.356 e. The number of thioether (sulfide) groups is 1. The Balaban J connectivity index is 1.49. The molecule has 0 bridgehead atoms. The molecular formula is C16H29N3S. The average molecular weight is 295 g/mol. The maximum absolute atomic E-state index is 4.54. The first-order valence-corrected chi connectivity index (χ1v) is 9.55. The maximum atomic E-state index is 4.54. The molecule has 1 aliphatic carbocycles. The van der Waals surface area contributed by atoms with Gasteiger partial charge in [0.25, 0.3) is 0 Å². The van der Waals surface area contributed by atoms with Crippen molar-refractivity contribution in [2.45, 2.75) is 38.5 Å². The zero-order valence-corrected chi connectivity index (χ0v) is 13.6. The summed E-state index contributed by atoms with van der Waals surface area (Å²) in [5, 5.41) is 3.66. The lowest BCUT2D eigenvalue weighted by atomic mass is 9.82. The maximum Gasteiger partial charge on any atom is 0.193 e. The molecule has 0 amide bonds. The second-order valence-corrected chi connectivity index (χ2v) is 7.92. The van der Waals surface area contributed by atoms with E-state index in [0.29, 0.717) is 0 Å². The van der Waals surface area contributed by atoms with Crippen molar-refractivity contribution in [3.05, 3.63) is 0 Å². The summed E-state index contributed by atoms with van der Waals surface area (Å²) < 4.78 is 0. The molecule has 3 aliphatic rings. The van der Waals surface area contributed by atoms with Crippen molar-refractivity contribution in [1.82, 2.24) is 10.2 Å². The first kappa shape index (κ1) is 14.6. The van der Waals surface area contributed by atoms with Crippen LogP contribution in [-0.4, -0.2) is 49.0 Å². The zero-order chi connectivity index (χ0) is 13.8. The van der Waals surface area contributed by atoms with Crippen LogP contribution in [0.5, 0.6) is 0 Å². The van der Waals surface area contributed by atoms with Gasteiger partial charge in [0, 0.05) is 26.7 Å². The molecule has 2 atom stereocenters. The van der Waals surface area contributed by atoms with Gasteiger partial charge in [-0.25, -0.2) is 0 Å². The summed E-state index contributed by atoms with van der Waals surface area (Å²) in [6, 6.07) is 0. The minimum absolute atomic E-state index is 0.859. The number of nitrogens with one attached hydrogen (secondary N) is 1.